The van der Waals surface area contributed by atoms with Gasteiger partial charge in [0.05, 0.1) is 78.6 Å². The smallest absolute Gasteiger partial charge is 0.243 e. The van der Waals surface area contributed by atoms with Crippen molar-refractivity contribution in [1.29, 1.82) is 0 Å². The third-order valence-corrected chi connectivity index (χ3v) is 14.9. The van der Waals surface area contributed by atoms with Crippen molar-refractivity contribution < 1.29 is 67.4 Å². The number of benzene rings is 1. The highest BCUT2D eigenvalue weighted by Gasteiger charge is 2.45. The molecule has 392 valence electrons. The number of hydrogen-bond donors (Lipinski definition) is 11. The van der Waals surface area contributed by atoms with Gasteiger partial charge >= 0.3 is 0 Å². The van der Waals surface area contributed by atoms with E-state index < -0.39 is 175 Å². The molecular weight excluding hydrogens is 947 g/mol. The summed E-state index contributed by atoms with van der Waals surface area (Å²) >= 11 is 0. The maximum absolute atomic E-state index is 14.9. The fraction of sp³-hybridized carbons (Fsp3) is 0.638. The summed E-state index contributed by atoms with van der Waals surface area (Å²) in [6, 6.07) is -1.07. The van der Waals surface area contributed by atoms with E-state index in [4.69, 9.17) is 16.2 Å². The number of unbranched alkanes of at least 4 members (excludes halogenated alkanes) is 3. The van der Waals surface area contributed by atoms with Crippen LogP contribution in [0.5, 0.6) is 5.75 Å². The first kappa shape index (κ1) is 56.1. The average molecular weight is 1020 g/mol. The van der Waals surface area contributed by atoms with Crippen LogP contribution in [0.4, 0.5) is 0 Å². The minimum Gasteiger partial charge on any atom is -0.494 e. The largest absolute Gasteiger partial charge is 0.494 e. The molecule has 11 atom stereocenters. The van der Waals surface area contributed by atoms with E-state index >= 15 is 0 Å². The molecule has 0 radical (unpaired) electrons. The van der Waals surface area contributed by atoms with Crippen LogP contribution in [0.25, 0.3) is 10.9 Å². The van der Waals surface area contributed by atoms with Gasteiger partial charge in [-0.2, -0.15) is 0 Å². The second-order valence-electron chi connectivity index (χ2n) is 18.8. The molecule has 1 aromatic heterocycles. The van der Waals surface area contributed by atoms with Gasteiger partial charge in [-0.05, 0) is 49.4 Å². The lowest BCUT2D eigenvalue weighted by atomic mass is 9.85. The van der Waals surface area contributed by atoms with Crippen molar-refractivity contribution in [1.82, 2.24) is 36.5 Å². The molecule has 71 heavy (non-hydrogen) atoms. The van der Waals surface area contributed by atoms with Crippen molar-refractivity contribution >= 4 is 74.6 Å². The van der Waals surface area contributed by atoms with Crippen LogP contribution in [-0.2, 0) is 60.4 Å². The van der Waals surface area contributed by atoms with Gasteiger partial charge in [0.15, 0.2) is 11.6 Å². The highest BCUT2D eigenvalue weighted by Crippen LogP contribution is 2.33. The zero-order valence-corrected chi connectivity index (χ0v) is 41.2. The van der Waals surface area contributed by atoms with E-state index in [1.165, 1.54) is 6.92 Å². The SMILES string of the molecule is CC[C@H](C)[C@@H]1NC(=O)CNC(=O)C2CC(=O)[C@H]([C@@H](C)[C@@H](O)CO)NC(=O)[C@@H]3CC(O)CN3C(=O)[C@H](CC(N)=O)CC(=O)C(CS(=O)c3[nH]c4cc(OCCCCCCN)ccc4c3C2)NC(=O)CNC1=O. The highest BCUT2D eigenvalue weighted by molar-refractivity contribution is 7.85. The number of nitrogens with one attached hydrogen (secondary N) is 6. The topological polar surface area (TPSA) is 372 Å². The van der Waals surface area contributed by atoms with Crippen molar-refractivity contribution in [3.63, 3.8) is 0 Å². The Kier molecular flexibility index (Phi) is 20.6. The predicted molar refractivity (Wildman–Crippen MR) is 256 cm³/mol. The lowest BCUT2D eigenvalue weighted by molar-refractivity contribution is -0.145. The Morgan fingerprint density at radius 3 is 2.25 bits per heavy atom. The fourth-order valence-corrected chi connectivity index (χ4v) is 10.6. The second kappa shape index (κ2) is 26.0. The van der Waals surface area contributed by atoms with E-state index in [0.717, 1.165) is 30.6 Å². The first-order chi connectivity index (χ1) is 33.8. The number of ketones is 2. The number of carbonyl (C=O) groups is 9. The van der Waals surface area contributed by atoms with Crippen LogP contribution >= 0.6 is 0 Å². The summed E-state index contributed by atoms with van der Waals surface area (Å²) in [5.74, 6) is -13.0. The van der Waals surface area contributed by atoms with Crippen molar-refractivity contribution in [3.8, 4) is 5.75 Å². The molecule has 3 aliphatic heterocycles. The zero-order valence-electron chi connectivity index (χ0n) is 40.4. The molecular formula is C47H69N9O14S. The number of Topliss-reactive ketones (excluding diaryl/α,β-unsaturated/α-hetero) is 2. The highest BCUT2D eigenvalue weighted by atomic mass is 32.2. The summed E-state index contributed by atoms with van der Waals surface area (Å²) in [7, 11) is -2.29. The summed E-state index contributed by atoms with van der Waals surface area (Å²) in [4.78, 5) is 130. The molecule has 0 saturated carbocycles. The monoisotopic (exact) mass is 1020 g/mol. The van der Waals surface area contributed by atoms with E-state index in [0.29, 0.717) is 36.2 Å². The Labute approximate surface area is 413 Å². The summed E-state index contributed by atoms with van der Waals surface area (Å²) in [5, 5.41) is 44.7. The lowest BCUT2D eigenvalue weighted by Crippen LogP contribution is -2.56. The summed E-state index contributed by atoms with van der Waals surface area (Å²) < 4.78 is 21.0. The van der Waals surface area contributed by atoms with Crippen molar-refractivity contribution in [3.05, 3.63) is 23.8 Å². The second-order valence-corrected chi connectivity index (χ2v) is 20.2. The number of aromatic nitrogens is 1. The molecule has 3 aliphatic rings. The molecule has 0 spiro atoms. The van der Waals surface area contributed by atoms with Crippen LogP contribution in [0.1, 0.15) is 84.1 Å². The third kappa shape index (κ3) is 14.9. The number of H-pyrrole nitrogens is 1. The Morgan fingerprint density at radius 1 is 0.887 bits per heavy atom. The van der Waals surface area contributed by atoms with E-state index in [1.54, 1.807) is 32.0 Å². The molecule has 24 heteroatoms. The van der Waals surface area contributed by atoms with Crippen molar-refractivity contribution in [2.75, 3.05) is 45.1 Å². The van der Waals surface area contributed by atoms with Gasteiger partial charge in [0, 0.05) is 55.5 Å². The molecule has 1 saturated heterocycles. The number of ether oxygens (including phenoxy) is 1. The van der Waals surface area contributed by atoms with Crippen molar-refractivity contribution in [2.24, 2.45) is 35.1 Å². The number of rotatable bonds is 14. The molecule has 2 bridgehead atoms. The number of hydrogen-bond acceptors (Lipinski definition) is 15. The number of aromatic amines is 1. The van der Waals surface area contributed by atoms with E-state index in [-0.39, 0.29) is 23.4 Å². The van der Waals surface area contributed by atoms with Crippen LogP contribution in [-0.4, -0.2) is 164 Å². The Morgan fingerprint density at radius 2 is 1.58 bits per heavy atom. The van der Waals surface area contributed by atoms with Gasteiger partial charge in [0.25, 0.3) is 0 Å². The lowest BCUT2D eigenvalue weighted by Gasteiger charge is -2.32. The Balaban J connectivity index is 1.72. The van der Waals surface area contributed by atoms with Gasteiger partial charge in [-0.3, -0.25) is 47.4 Å². The van der Waals surface area contributed by atoms with Gasteiger partial charge in [0.1, 0.15) is 22.9 Å². The number of aliphatic hydroxyl groups is 3. The van der Waals surface area contributed by atoms with Gasteiger partial charge in [-0.25, -0.2) is 0 Å². The first-order valence-electron chi connectivity index (χ1n) is 24.2. The molecule has 0 aliphatic carbocycles. The number of nitrogens with zero attached hydrogens (tertiary/aromatic N) is 1. The van der Waals surface area contributed by atoms with Gasteiger partial charge < -0.3 is 68.0 Å². The molecule has 23 nitrogen and oxygen atoms in total. The zero-order chi connectivity index (χ0) is 52.1. The molecule has 5 rings (SSSR count). The van der Waals surface area contributed by atoms with Crippen LogP contribution < -0.4 is 42.8 Å². The van der Waals surface area contributed by atoms with Crippen LogP contribution in [0.2, 0.25) is 0 Å². The molecule has 4 unspecified atom stereocenters. The van der Waals surface area contributed by atoms with E-state index in [9.17, 15) is 62.7 Å². The minimum atomic E-state index is -2.29. The van der Waals surface area contributed by atoms with Crippen LogP contribution in [0.15, 0.2) is 23.2 Å². The first-order valence-corrected chi connectivity index (χ1v) is 25.5. The Bertz CT molecular complexity index is 2330. The number of nitrogens with two attached hydrogens (primary N) is 2. The standard InChI is InChI=1S/C47H69N9O14S/c1-4-24(2)41-45(67)51-19-39(63)52-33-23-71(69)46-31(30-10-9-29(18-32(30)53-46)70-12-8-6-5-7-11-48)13-26(43(65)50-20-40(64)54-41)14-36(60)42(25(3)37(61)22-57)55-44(66)34-17-28(58)21-56(34)47(68)27(15-35(33)59)16-38(49)62/h9-10,18,24-28,33-34,37,41-42,53,57-58,61H,4-8,11-17,19-23,48H2,1-3H3,(H2,49,62)(H,50,65)(H,51,67)(H,52,63)(H,54,64)(H,55,66)/t24-,25-,26?,27-,28?,33?,34-,37-,41-,42-,71?/m0/s1. The minimum absolute atomic E-state index is 0.0338. The maximum atomic E-state index is 14.9. The van der Waals surface area contributed by atoms with Gasteiger partial charge in [-0.15, -0.1) is 0 Å². The van der Waals surface area contributed by atoms with E-state index in [1.807, 2.05) is 0 Å². The number of primary amides is 1. The third-order valence-electron chi connectivity index (χ3n) is 13.5. The molecule has 1 aromatic carbocycles. The number of amides is 7. The summed E-state index contributed by atoms with van der Waals surface area (Å²) in [6.07, 6.45) is -2.04. The molecule has 4 heterocycles. The Hall–Kier alpha value is -5.82. The molecule has 2 aromatic rings. The molecule has 1 fully saturated rings. The number of aliphatic hydroxyl groups excluding tert-OH is 3. The fourth-order valence-electron chi connectivity index (χ4n) is 9.13. The van der Waals surface area contributed by atoms with Crippen molar-refractivity contribution in [2.45, 2.75) is 126 Å². The van der Waals surface area contributed by atoms with Crippen LogP contribution in [0.3, 0.4) is 0 Å². The van der Waals surface area contributed by atoms with Gasteiger partial charge in [0.2, 0.25) is 41.4 Å². The normalized spacial score (nSPS) is 27.1. The summed E-state index contributed by atoms with van der Waals surface area (Å²) in [6.45, 7) is 3.03. The summed E-state index contributed by atoms with van der Waals surface area (Å²) in [5.41, 5.74) is 11.8. The van der Waals surface area contributed by atoms with E-state index in [2.05, 4.69) is 31.6 Å². The number of fused-ring (bicyclic) bond motifs is 5. The molecule has 13 N–H and O–H groups in total. The maximum Gasteiger partial charge on any atom is 0.243 e. The molecule has 7 amide bonds. The van der Waals surface area contributed by atoms with Crippen LogP contribution in [0, 0.1) is 23.7 Å². The quantitative estimate of drug-likeness (QED) is 0.0869. The van der Waals surface area contributed by atoms with Gasteiger partial charge in [-0.1, -0.05) is 40.0 Å². The number of carbonyl (C=O) groups excluding carboxylic acids is 9. The predicted octanol–water partition coefficient (Wildman–Crippen LogP) is -2.55. The average Bonchev–Trinajstić information content (AvgIpc) is 3.91.